The van der Waals surface area contributed by atoms with Crippen LogP contribution in [-0.2, 0) is 27.4 Å². The molecule has 6 heteroatoms. The Labute approximate surface area is 188 Å². The fourth-order valence-corrected chi connectivity index (χ4v) is 4.05. The molecule has 1 aliphatic rings. The Bertz CT molecular complexity index is 955. The van der Waals surface area contributed by atoms with Crippen LogP contribution in [0, 0.1) is 11.8 Å². The molecule has 6 nitrogen and oxygen atoms in total. The van der Waals surface area contributed by atoms with Crippen molar-refractivity contribution >= 4 is 17.8 Å². The van der Waals surface area contributed by atoms with Gasteiger partial charge in [-0.25, -0.2) is 4.79 Å². The molecule has 0 aliphatic heterocycles. The summed E-state index contributed by atoms with van der Waals surface area (Å²) in [7, 11) is 0. The molecular weight excluding hydrogens is 406 g/mol. The van der Waals surface area contributed by atoms with E-state index in [9.17, 15) is 19.5 Å². The van der Waals surface area contributed by atoms with Gasteiger partial charge in [-0.2, -0.15) is 0 Å². The van der Waals surface area contributed by atoms with E-state index in [2.05, 4.69) is 5.32 Å². The van der Waals surface area contributed by atoms with Crippen LogP contribution >= 0.6 is 0 Å². The molecule has 1 amide bonds. The van der Waals surface area contributed by atoms with Gasteiger partial charge in [0, 0.05) is 11.8 Å². The summed E-state index contributed by atoms with van der Waals surface area (Å²) in [6, 6.07) is 18.8. The zero-order valence-electron chi connectivity index (χ0n) is 18.2. The predicted octanol–water partition coefficient (Wildman–Crippen LogP) is 4.54. The molecule has 1 aliphatic carbocycles. The summed E-state index contributed by atoms with van der Waals surface area (Å²) in [6.07, 6.45) is 2.72. The zero-order chi connectivity index (χ0) is 22.9. The fourth-order valence-electron chi connectivity index (χ4n) is 4.05. The topological polar surface area (TPSA) is 92.7 Å². The van der Waals surface area contributed by atoms with Crippen LogP contribution in [0.3, 0.4) is 0 Å². The Morgan fingerprint density at radius 3 is 2.31 bits per heavy atom. The van der Waals surface area contributed by atoms with Gasteiger partial charge in [0.2, 0.25) is 0 Å². The van der Waals surface area contributed by atoms with Crippen LogP contribution in [0.25, 0.3) is 0 Å². The SMILES string of the molecule is C[C@H](NC(=O)OCc1ccccc1)C1=CC(Cc2ccccc2)C(=O)C(CC(=O)O)CC1. The highest BCUT2D eigenvalue weighted by molar-refractivity contribution is 5.88. The maximum atomic E-state index is 13.1. The molecule has 2 aromatic rings. The molecule has 0 spiro atoms. The molecule has 0 aromatic heterocycles. The van der Waals surface area contributed by atoms with Gasteiger partial charge in [-0.3, -0.25) is 9.59 Å². The molecule has 0 heterocycles. The number of carboxylic acid groups (broad SMARTS) is 1. The summed E-state index contributed by atoms with van der Waals surface area (Å²) in [6.45, 7) is 2.03. The summed E-state index contributed by atoms with van der Waals surface area (Å²) in [5.41, 5.74) is 2.83. The van der Waals surface area contributed by atoms with Gasteiger partial charge in [-0.05, 0) is 37.3 Å². The van der Waals surface area contributed by atoms with Crippen molar-refractivity contribution < 1.29 is 24.2 Å². The van der Waals surface area contributed by atoms with Gasteiger partial charge in [-0.15, -0.1) is 0 Å². The summed E-state index contributed by atoms with van der Waals surface area (Å²) in [4.78, 5) is 36.7. The third-order valence-electron chi connectivity index (χ3n) is 5.79. The lowest BCUT2D eigenvalue weighted by atomic mass is 9.86. The van der Waals surface area contributed by atoms with Gasteiger partial charge in [0.1, 0.15) is 12.4 Å². The minimum Gasteiger partial charge on any atom is -0.481 e. The van der Waals surface area contributed by atoms with Crippen molar-refractivity contribution in [2.24, 2.45) is 11.8 Å². The lowest BCUT2D eigenvalue weighted by molar-refractivity contribution is -0.141. The van der Waals surface area contributed by atoms with Gasteiger partial charge >= 0.3 is 12.1 Å². The second-order valence-electron chi connectivity index (χ2n) is 8.20. The van der Waals surface area contributed by atoms with E-state index >= 15 is 0 Å². The Morgan fingerprint density at radius 1 is 1.06 bits per heavy atom. The highest BCUT2D eigenvalue weighted by Crippen LogP contribution is 2.30. The second kappa shape index (κ2) is 11.3. The van der Waals surface area contributed by atoms with Crippen molar-refractivity contribution in [3.63, 3.8) is 0 Å². The van der Waals surface area contributed by atoms with Gasteiger partial charge in [-0.1, -0.05) is 72.3 Å². The third kappa shape index (κ3) is 6.80. The minimum atomic E-state index is -0.971. The van der Waals surface area contributed by atoms with E-state index in [4.69, 9.17) is 4.74 Å². The monoisotopic (exact) mass is 435 g/mol. The number of hydrogen-bond acceptors (Lipinski definition) is 4. The number of benzene rings is 2. The first-order valence-electron chi connectivity index (χ1n) is 10.9. The molecule has 0 saturated heterocycles. The molecule has 2 N–H and O–H groups in total. The van der Waals surface area contributed by atoms with Crippen LogP contribution in [0.1, 0.15) is 37.3 Å². The number of carbonyl (C=O) groups excluding carboxylic acids is 2. The molecule has 0 fully saturated rings. The van der Waals surface area contributed by atoms with E-state index in [0.29, 0.717) is 19.3 Å². The van der Waals surface area contributed by atoms with E-state index in [1.807, 2.05) is 73.7 Å². The number of ketones is 1. The number of nitrogens with one attached hydrogen (secondary N) is 1. The van der Waals surface area contributed by atoms with Crippen LogP contribution in [0.2, 0.25) is 0 Å². The van der Waals surface area contributed by atoms with Gasteiger partial charge in [0.15, 0.2) is 0 Å². The van der Waals surface area contributed by atoms with Crippen LogP contribution in [0.4, 0.5) is 4.79 Å². The lowest BCUT2D eigenvalue weighted by Gasteiger charge is -2.18. The van der Waals surface area contributed by atoms with Crippen molar-refractivity contribution in [2.45, 2.75) is 45.3 Å². The zero-order valence-corrected chi connectivity index (χ0v) is 18.2. The number of hydrogen-bond donors (Lipinski definition) is 2. The first-order chi connectivity index (χ1) is 15.4. The quantitative estimate of drug-likeness (QED) is 0.594. The molecule has 0 saturated carbocycles. The molecule has 32 heavy (non-hydrogen) atoms. The molecule has 3 atom stereocenters. The third-order valence-corrected chi connectivity index (χ3v) is 5.79. The number of carboxylic acids is 1. The fraction of sp³-hybridized carbons (Fsp3) is 0.346. The highest BCUT2D eigenvalue weighted by Gasteiger charge is 2.32. The Balaban J connectivity index is 1.69. The molecular formula is C26H29NO5. The van der Waals surface area contributed by atoms with Crippen molar-refractivity contribution in [1.82, 2.24) is 5.32 Å². The first kappa shape index (κ1) is 23.3. The number of amides is 1. The summed E-state index contributed by atoms with van der Waals surface area (Å²) in [5, 5.41) is 12.1. The van der Waals surface area contributed by atoms with Crippen molar-refractivity contribution in [2.75, 3.05) is 0 Å². The second-order valence-corrected chi connectivity index (χ2v) is 8.20. The standard InChI is InChI=1S/C26H29NO5/c1-18(27-26(31)32-17-20-10-6-3-7-11-20)21-12-13-22(16-24(28)29)25(30)23(15-21)14-19-8-4-2-5-9-19/h2-11,15,18,22-23H,12-14,16-17H2,1H3,(H,27,31)(H,28,29)/t18-,22?,23?/m0/s1. The number of rotatable bonds is 8. The number of Topliss-reactive ketones (excluding diaryl/α,β-unsaturated/α-hetero) is 1. The van der Waals surface area contributed by atoms with E-state index in [-0.39, 0.29) is 24.9 Å². The van der Waals surface area contributed by atoms with Crippen LogP contribution < -0.4 is 5.32 Å². The Morgan fingerprint density at radius 2 is 1.69 bits per heavy atom. The maximum Gasteiger partial charge on any atom is 0.407 e. The normalized spacial score (nSPS) is 19.4. The van der Waals surface area contributed by atoms with Gasteiger partial charge in [0.05, 0.1) is 12.5 Å². The number of ether oxygens (including phenoxy) is 1. The Kier molecular flexibility index (Phi) is 8.20. The van der Waals surface area contributed by atoms with E-state index in [1.165, 1.54) is 0 Å². The molecule has 0 bridgehead atoms. The number of aliphatic carboxylic acids is 1. The van der Waals surface area contributed by atoms with E-state index in [0.717, 1.165) is 16.7 Å². The van der Waals surface area contributed by atoms with Crippen LogP contribution in [0.5, 0.6) is 0 Å². The van der Waals surface area contributed by atoms with Crippen molar-refractivity contribution in [3.05, 3.63) is 83.4 Å². The van der Waals surface area contributed by atoms with Crippen LogP contribution in [0.15, 0.2) is 72.3 Å². The van der Waals surface area contributed by atoms with E-state index in [1.54, 1.807) is 0 Å². The highest BCUT2D eigenvalue weighted by atomic mass is 16.5. The molecule has 168 valence electrons. The predicted molar refractivity (Wildman–Crippen MR) is 121 cm³/mol. The smallest absolute Gasteiger partial charge is 0.407 e. The van der Waals surface area contributed by atoms with Crippen molar-refractivity contribution in [1.29, 1.82) is 0 Å². The Hall–Kier alpha value is -3.41. The lowest BCUT2D eigenvalue weighted by Crippen LogP contribution is -2.34. The molecule has 2 aromatic carbocycles. The average molecular weight is 436 g/mol. The largest absolute Gasteiger partial charge is 0.481 e. The van der Waals surface area contributed by atoms with E-state index < -0.39 is 23.9 Å². The van der Waals surface area contributed by atoms with Gasteiger partial charge < -0.3 is 15.2 Å². The number of allylic oxidation sites excluding steroid dienone is 1. The number of carbonyl (C=O) groups is 3. The van der Waals surface area contributed by atoms with Crippen LogP contribution in [-0.4, -0.2) is 29.0 Å². The first-order valence-corrected chi connectivity index (χ1v) is 10.9. The molecule has 2 unspecified atom stereocenters. The maximum absolute atomic E-state index is 13.1. The molecule has 3 rings (SSSR count). The number of alkyl carbamates (subject to hydrolysis) is 1. The summed E-state index contributed by atoms with van der Waals surface area (Å²) in [5.74, 6) is -1.98. The van der Waals surface area contributed by atoms with Gasteiger partial charge in [0.25, 0.3) is 0 Å². The summed E-state index contributed by atoms with van der Waals surface area (Å²) < 4.78 is 5.32. The average Bonchev–Trinajstić information content (AvgIpc) is 2.93. The summed E-state index contributed by atoms with van der Waals surface area (Å²) >= 11 is 0. The molecule has 0 radical (unpaired) electrons. The minimum absolute atomic E-state index is 0.0508. The van der Waals surface area contributed by atoms with Crippen molar-refractivity contribution in [3.8, 4) is 0 Å².